The Balaban J connectivity index is 1.77. The largest absolute Gasteiger partial charge is 0.494 e. The highest BCUT2D eigenvalue weighted by Gasteiger charge is 2.44. The number of amides is 1. The van der Waals surface area contributed by atoms with E-state index in [4.69, 9.17) is 9.15 Å². The number of carbonyl (C=O) groups excluding carboxylic acids is 1. The van der Waals surface area contributed by atoms with E-state index < -0.39 is 23.2 Å². The zero-order valence-electron chi connectivity index (χ0n) is 18.2. The first-order valence-corrected chi connectivity index (χ1v) is 10.7. The molecular formula is C26H21FN2O4. The van der Waals surface area contributed by atoms with E-state index in [1.165, 1.54) is 17.0 Å². The highest BCUT2D eigenvalue weighted by atomic mass is 19.1. The fraction of sp³-hybridized carbons (Fsp3) is 0.192. The lowest BCUT2D eigenvalue weighted by molar-refractivity contribution is 0.0970. The van der Waals surface area contributed by atoms with E-state index in [1.54, 1.807) is 18.2 Å². The van der Waals surface area contributed by atoms with Crippen molar-refractivity contribution >= 4 is 22.7 Å². The van der Waals surface area contributed by atoms with Crippen molar-refractivity contribution in [1.82, 2.24) is 4.98 Å². The van der Waals surface area contributed by atoms with Gasteiger partial charge in [0, 0.05) is 5.69 Å². The number of aryl methyl sites for hydroxylation is 1. The van der Waals surface area contributed by atoms with Crippen LogP contribution < -0.4 is 15.1 Å². The van der Waals surface area contributed by atoms with Crippen LogP contribution in [-0.4, -0.2) is 17.5 Å². The summed E-state index contributed by atoms with van der Waals surface area (Å²) in [6, 6.07) is 15.5. The van der Waals surface area contributed by atoms with Crippen molar-refractivity contribution in [1.29, 1.82) is 0 Å². The molecule has 1 amide bonds. The molecule has 0 bridgehead atoms. The molecule has 6 nitrogen and oxygen atoms in total. The van der Waals surface area contributed by atoms with Gasteiger partial charge in [-0.05, 0) is 61.4 Å². The van der Waals surface area contributed by atoms with Crippen molar-refractivity contribution in [2.75, 3.05) is 11.5 Å². The summed E-state index contributed by atoms with van der Waals surface area (Å²) in [5, 5.41) is 0.0870. The second-order valence-electron chi connectivity index (χ2n) is 7.95. The Morgan fingerprint density at radius 2 is 1.91 bits per heavy atom. The van der Waals surface area contributed by atoms with Crippen LogP contribution in [0.15, 0.2) is 69.9 Å². The molecule has 1 aliphatic rings. The summed E-state index contributed by atoms with van der Waals surface area (Å²) < 4.78 is 25.6. The molecule has 1 aliphatic heterocycles. The summed E-state index contributed by atoms with van der Waals surface area (Å²) >= 11 is 0. The van der Waals surface area contributed by atoms with Crippen molar-refractivity contribution in [3.05, 3.63) is 99.3 Å². The van der Waals surface area contributed by atoms with Gasteiger partial charge in [-0.1, -0.05) is 25.1 Å². The van der Waals surface area contributed by atoms with Gasteiger partial charge in [0.2, 0.25) is 5.76 Å². The first kappa shape index (κ1) is 20.9. The van der Waals surface area contributed by atoms with E-state index in [9.17, 15) is 14.0 Å². The number of halogens is 1. The van der Waals surface area contributed by atoms with Crippen LogP contribution in [0.25, 0.3) is 11.0 Å². The van der Waals surface area contributed by atoms with E-state index in [2.05, 4.69) is 4.98 Å². The van der Waals surface area contributed by atoms with E-state index in [0.29, 0.717) is 23.7 Å². The van der Waals surface area contributed by atoms with Crippen LogP contribution >= 0.6 is 0 Å². The number of hydrogen-bond donors (Lipinski definition) is 0. The van der Waals surface area contributed by atoms with Crippen molar-refractivity contribution in [2.45, 2.75) is 26.3 Å². The van der Waals surface area contributed by atoms with Gasteiger partial charge in [-0.25, -0.2) is 9.37 Å². The molecule has 33 heavy (non-hydrogen) atoms. The Labute approximate surface area is 189 Å². The van der Waals surface area contributed by atoms with Crippen LogP contribution in [0.2, 0.25) is 0 Å². The zero-order valence-corrected chi connectivity index (χ0v) is 18.2. The molecule has 3 heterocycles. The number of hydrogen-bond acceptors (Lipinski definition) is 5. The molecule has 0 saturated carbocycles. The number of aromatic nitrogens is 1. The molecule has 5 rings (SSSR count). The molecule has 166 valence electrons. The van der Waals surface area contributed by atoms with Crippen LogP contribution in [0.1, 0.15) is 46.8 Å². The fourth-order valence-electron chi connectivity index (χ4n) is 4.15. The number of anilines is 1. The number of carbonyl (C=O) groups is 1. The molecule has 0 saturated heterocycles. The Hall–Kier alpha value is -4.00. The normalized spacial score (nSPS) is 15.2. The maximum absolute atomic E-state index is 13.9. The van der Waals surface area contributed by atoms with Crippen LogP contribution in [0.4, 0.5) is 10.2 Å². The second kappa shape index (κ2) is 8.16. The summed E-state index contributed by atoms with van der Waals surface area (Å²) in [6.45, 7) is 4.38. The Bertz CT molecular complexity index is 1450. The van der Waals surface area contributed by atoms with Gasteiger partial charge >= 0.3 is 0 Å². The van der Waals surface area contributed by atoms with Crippen molar-refractivity contribution in [3.63, 3.8) is 0 Å². The third-order valence-electron chi connectivity index (χ3n) is 5.60. The summed E-state index contributed by atoms with van der Waals surface area (Å²) in [6.07, 6.45) is 0.843. The van der Waals surface area contributed by atoms with Crippen molar-refractivity contribution in [3.8, 4) is 5.75 Å². The molecule has 0 N–H and O–H groups in total. The highest BCUT2D eigenvalue weighted by Crippen LogP contribution is 2.41. The number of fused-ring (bicyclic) bond motifs is 2. The van der Waals surface area contributed by atoms with Gasteiger partial charge in [0.15, 0.2) is 5.43 Å². The fourth-order valence-corrected chi connectivity index (χ4v) is 4.15. The van der Waals surface area contributed by atoms with Gasteiger partial charge in [-0.2, -0.15) is 0 Å². The number of ether oxygens (including phenoxy) is 1. The van der Waals surface area contributed by atoms with E-state index in [-0.39, 0.29) is 22.3 Å². The predicted octanol–water partition coefficient (Wildman–Crippen LogP) is 5.17. The maximum Gasteiger partial charge on any atom is 0.296 e. The molecule has 2 aromatic heterocycles. The molecule has 7 heteroatoms. The third-order valence-corrected chi connectivity index (χ3v) is 5.60. The van der Waals surface area contributed by atoms with Crippen LogP contribution in [-0.2, 0) is 0 Å². The first-order chi connectivity index (χ1) is 16.0. The number of pyridine rings is 1. The molecule has 0 spiro atoms. The average molecular weight is 444 g/mol. The lowest BCUT2D eigenvalue weighted by Crippen LogP contribution is -2.30. The summed E-state index contributed by atoms with van der Waals surface area (Å²) in [5.74, 6) is -0.0686. The quantitative estimate of drug-likeness (QED) is 0.424. The van der Waals surface area contributed by atoms with E-state index in [1.807, 2.05) is 38.1 Å². The number of rotatable bonds is 5. The molecule has 1 unspecified atom stereocenters. The Morgan fingerprint density at radius 3 is 2.70 bits per heavy atom. The molecule has 0 radical (unpaired) electrons. The molecule has 0 aliphatic carbocycles. The highest BCUT2D eigenvalue weighted by molar-refractivity contribution is 6.10. The topological polar surface area (TPSA) is 72.6 Å². The monoisotopic (exact) mass is 444 g/mol. The maximum atomic E-state index is 13.9. The van der Waals surface area contributed by atoms with Gasteiger partial charge in [0.05, 0.1) is 23.6 Å². The number of nitrogens with zero attached hydrogens (tertiary/aromatic N) is 2. The number of benzene rings is 2. The van der Waals surface area contributed by atoms with E-state index in [0.717, 1.165) is 18.2 Å². The standard InChI is InChI=1S/C26H21FN2O4/c1-3-12-32-18-8-5-7-16(13-18)23-22-24(30)19-14-17(27)10-11-20(19)33-25(22)26(31)29(23)21-9-4-6-15(2)28-21/h4-11,13-14,23H,3,12H2,1-2H3. The smallest absolute Gasteiger partial charge is 0.296 e. The summed E-state index contributed by atoms with van der Waals surface area (Å²) in [4.78, 5) is 33.1. The Morgan fingerprint density at radius 1 is 1.09 bits per heavy atom. The first-order valence-electron chi connectivity index (χ1n) is 10.7. The SMILES string of the molecule is CCCOc1cccc(C2c3c(oc4ccc(F)cc4c3=O)C(=O)N2c2cccc(C)n2)c1. The molecule has 2 aromatic carbocycles. The van der Waals surface area contributed by atoms with Crippen LogP contribution in [0, 0.1) is 12.7 Å². The van der Waals surface area contributed by atoms with Crippen LogP contribution in [0.5, 0.6) is 5.75 Å². The Kier molecular flexibility index (Phi) is 5.17. The van der Waals surface area contributed by atoms with Gasteiger partial charge in [0.25, 0.3) is 5.91 Å². The minimum atomic E-state index is -0.795. The molecular weight excluding hydrogens is 423 g/mol. The van der Waals surface area contributed by atoms with Gasteiger partial charge in [0.1, 0.15) is 23.0 Å². The predicted molar refractivity (Wildman–Crippen MR) is 122 cm³/mol. The zero-order chi connectivity index (χ0) is 23.1. The third kappa shape index (κ3) is 3.55. The minimum Gasteiger partial charge on any atom is -0.494 e. The van der Waals surface area contributed by atoms with E-state index >= 15 is 0 Å². The lowest BCUT2D eigenvalue weighted by Gasteiger charge is -2.24. The van der Waals surface area contributed by atoms with Crippen molar-refractivity contribution < 1.29 is 18.3 Å². The van der Waals surface area contributed by atoms with Gasteiger partial charge in [-0.15, -0.1) is 0 Å². The lowest BCUT2D eigenvalue weighted by atomic mass is 9.98. The van der Waals surface area contributed by atoms with Gasteiger partial charge in [-0.3, -0.25) is 14.5 Å². The molecule has 4 aromatic rings. The minimum absolute atomic E-state index is 0.0627. The average Bonchev–Trinajstić information content (AvgIpc) is 3.11. The van der Waals surface area contributed by atoms with Crippen molar-refractivity contribution in [2.24, 2.45) is 0 Å². The second-order valence-corrected chi connectivity index (χ2v) is 7.95. The summed E-state index contributed by atoms with van der Waals surface area (Å²) in [7, 11) is 0. The van der Waals surface area contributed by atoms with Gasteiger partial charge < -0.3 is 9.15 Å². The molecule has 0 fully saturated rings. The summed E-state index contributed by atoms with van der Waals surface area (Å²) in [5.41, 5.74) is 1.27. The van der Waals surface area contributed by atoms with Crippen LogP contribution in [0.3, 0.4) is 0 Å². The molecule has 1 atom stereocenters.